The monoisotopic (exact) mass is 511 g/mol. The molecule has 0 bridgehead atoms. The minimum absolute atomic E-state index is 0.0950. The quantitative estimate of drug-likeness (QED) is 0.178. The molecule has 0 aliphatic heterocycles. The third kappa shape index (κ3) is 5.65. The van der Waals surface area contributed by atoms with Crippen LogP contribution in [0.5, 0.6) is 11.5 Å². The number of ketones is 1. The molecule has 172 valence electrons. The second kappa shape index (κ2) is 10.8. The molecule has 0 aliphatic rings. The molecule has 4 rings (SSSR count). The number of rotatable bonds is 8. The van der Waals surface area contributed by atoms with E-state index in [1.807, 2.05) is 65.5 Å². The Balaban J connectivity index is 1.51. The highest BCUT2D eigenvalue weighted by molar-refractivity contribution is 6.40. The van der Waals surface area contributed by atoms with Gasteiger partial charge < -0.3 is 14.0 Å². The Morgan fingerprint density at radius 1 is 0.941 bits per heavy atom. The number of allylic oxidation sites excluding steroid dienone is 1. The molecular formula is C27H20Cl3NO3. The fraction of sp³-hybridized carbons (Fsp3) is 0.0741. The average Bonchev–Trinajstić information content (AvgIpc) is 3.37. The summed E-state index contributed by atoms with van der Waals surface area (Å²) in [6.45, 7) is 0.165. The van der Waals surface area contributed by atoms with E-state index in [-0.39, 0.29) is 12.4 Å². The van der Waals surface area contributed by atoms with Gasteiger partial charge in [0.05, 0.1) is 17.2 Å². The van der Waals surface area contributed by atoms with Crippen LogP contribution < -0.4 is 9.47 Å². The molecule has 34 heavy (non-hydrogen) atoms. The summed E-state index contributed by atoms with van der Waals surface area (Å²) in [5.74, 6) is 0.889. The molecule has 0 atom stereocenters. The summed E-state index contributed by atoms with van der Waals surface area (Å²) in [6.07, 6.45) is 7.18. The first kappa shape index (κ1) is 24.0. The Labute approximate surface area is 212 Å². The molecular weight excluding hydrogens is 493 g/mol. The zero-order chi connectivity index (χ0) is 24.1. The van der Waals surface area contributed by atoms with Crippen molar-refractivity contribution in [2.24, 2.45) is 0 Å². The molecule has 0 radical (unpaired) electrons. The van der Waals surface area contributed by atoms with E-state index < -0.39 is 0 Å². The molecule has 7 heteroatoms. The molecule has 4 aromatic rings. The fourth-order valence-corrected chi connectivity index (χ4v) is 4.35. The van der Waals surface area contributed by atoms with Gasteiger partial charge in [-0.25, -0.2) is 0 Å². The van der Waals surface area contributed by atoms with Crippen molar-refractivity contribution in [3.63, 3.8) is 0 Å². The zero-order valence-electron chi connectivity index (χ0n) is 18.2. The summed E-state index contributed by atoms with van der Waals surface area (Å²) < 4.78 is 13.3. The first-order chi connectivity index (χ1) is 16.4. The number of halogens is 3. The maximum absolute atomic E-state index is 12.8. The molecule has 0 saturated heterocycles. The van der Waals surface area contributed by atoms with Gasteiger partial charge in [-0.15, -0.1) is 0 Å². The van der Waals surface area contributed by atoms with Crippen molar-refractivity contribution in [3.05, 3.63) is 117 Å². The van der Waals surface area contributed by atoms with E-state index in [0.29, 0.717) is 32.1 Å². The standard InChI is InChI=1S/C27H20Cl3NO3/c1-33-26-10-8-18(13-20(26)17-34-27-23(29)15-21(28)16-24(27)30)7-9-25(32)19-5-4-6-22(14-19)31-11-2-3-12-31/h2-16H,17H2,1H3/b9-7+. The smallest absolute Gasteiger partial charge is 0.185 e. The molecule has 1 heterocycles. The van der Waals surface area contributed by atoms with Crippen molar-refractivity contribution < 1.29 is 14.3 Å². The van der Waals surface area contributed by atoms with E-state index in [1.165, 1.54) is 0 Å². The number of carbonyl (C=O) groups is 1. The molecule has 1 aromatic heterocycles. The number of carbonyl (C=O) groups excluding carboxylic acids is 1. The van der Waals surface area contributed by atoms with Crippen LogP contribution in [0.4, 0.5) is 0 Å². The lowest BCUT2D eigenvalue weighted by atomic mass is 10.1. The van der Waals surface area contributed by atoms with Gasteiger partial charge in [0.2, 0.25) is 0 Å². The Morgan fingerprint density at radius 3 is 2.38 bits per heavy atom. The summed E-state index contributed by atoms with van der Waals surface area (Å²) in [4.78, 5) is 12.8. The van der Waals surface area contributed by atoms with Crippen LogP contribution >= 0.6 is 34.8 Å². The van der Waals surface area contributed by atoms with E-state index in [2.05, 4.69) is 0 Å². The molecule has 3 aromatic carbocycles. The van der Waals surface area contributed by atoms with Crippen LogP contribution in [0.1, 0.15) is 21.5 Å². The molecule has 0 spiro atoms. The normalized spacial score (nSPS) is 11.1. The van der Waals surface area contributed by atoms with Crippen molar-refractivity contribution in [2.45, 2.75) is 6.61 Å². The highest BCUT2D eigenvalue weighted by Gasteiger charge is 2.12. The van der Waals surface area contributed by atoms with Gasteiger partial charge in [-0.05, 0) is 60.2 Å². The highest BCUT2D eigenvalue weighted by Crippen LogP contribution is 2.36. The molecule has 0 saturated carbocycles. The van der Waals surface area contributed by atoms with Crippen molar-refractivity contribution >= 4 is 46.7 Å². The lowest BCUT2D eigenvalue weighted by Gasteiger charge is -2.13. The molecule has 0 unspecified atom stereocenters. The van der Waals surface area contributed by atoms with Crippen LogP contribution in [0, 0.1) is 0 Å². The van der Waals surface area contributed by atoms with Gasteiger partial charge in [0.1, 0.15) is 12.4 Å². The molecule has 0 amide bonds. The number of benzene rings is 3. The zero-order valence-corrected chi connectivity index (χ0v) is 20.4. The van der Waals surface area contributed by atoms with Crippen LogP contribution in [0.3, 0.4) is 0 Å². The number of nitrogens with zero attached hydrogens (tertiary/aromatic N) is 1. The fourth-order valence-electron chi connectivity index (χ4n) is 3.43. The lowest BCUT2D eigenvalue weighted by molar-refractivity contribution is 0.104. The van der Waals surface area contributed by atoms with Crippen molar-refractivity contribution in [3.8, 4) is 17.2 Å². The van der Waals surface area contributed by atoms with Gasteiger partial charge in [-0.3, -0.25) is 4.79 Å². The van der Waals surface area contributed by atoms with Crippen molar-refractivity contribution in [2.75, 3.05) is 7.11 Å². The van der Waals surface area contributed by atoms with Crippen LogP contribution in [-0.4, -0.2) is 17.5 Å². The summed E-state index contributed by atoms with van der Waals surface area (Å²) in [6, 6.07) is 20.1. The predicted molar refractivity (Wildman–Crippen MR) is 138 cm³/mol. The van der Waals surface area contributed by atoms with Gasteiger partial charge in [0, 0.05) is 34.2 Å². The number of ether oxygens (including phenoxy) is 2. The number of aromatic nitrogens is 1. The van der Waals surface area contributed by atoms with Crippen molar-refractivity contribution in [1.82, 2.24) is 4.57 Å². The van der Waals surface area contributed by atoms with E-state index in [4.69, 9.17) is 44.3 Å². The maximum atomic E-state index is 12.8. The van der Waals surface area contributed by atoms with E-state index in [0.717, 1.165) is 16.8 Å². The van der Waals surface area contributed by atoms with Crippen LogP contribution in [0.15, 0.2) is 85.2 Å². The topological polar surface area (TPSA) is 40.5 Å². The second-order valence-electron chi connectivity index (χ2n) is 7.40. The van der Waals surface area contributed by atoms with Gasteiger partial charge in [0.15, 0.2) is 11.5 Å². The summed E-state index contributed by atoms with van der Waals surface area (Å²) in [7, 11) is 1.58. The third-order valence-corrected chi connectivity index (χ3v) is 5.88. The number of hydrogen-bond acceptors (Lipinski definition) is 3. The molecule has 4 nitrogen and oxygen atoms in total. The maximum Gasteiger partial charge on any atom is 0.185 e. The highest BCUT2D eigenvalue weighted by atomic mass is 35.5. The van der Waals surface area contributed by atoms with Gasteiger partial charge in [-0.2, -0.15) is 0 Å². The Morgan fingerprint density at radius 2 is 1.68 bits per heavy atom. The van der Waals surface area contributed by atoms with Crippen LogP contribution in [-0.2, 0) is 6.61 Å². The largest absolute Gasteiger partial charge is 0.496 e. The average molecular weight is 513 g/mol. The Bertz CT molecular complexity index is 1320. The lowest BCUT2D eigenvalue weighted by Crippen LogP contribution is -2.00. The van der Waals surface area contributed by atoms with E-state index in [1.54, 1.807) is 37.5 Å². The molecule has 0 N–H and O–H groups in total. The van der Waals surface area contributed by atoms with Crippen molar-refractivity contribution in [1.29, 1.82) is 0 Å². The minimum atomic E-state index is -0.0950. The SMILES string of the molecule is COc1ccc(/C=C/C(=O)c2cccc(-n3cccc3)c2)cc1COc1c(Cl)cc(Cl)cc1Cl. The van der Waals surface area contributed by atoms with E-state index in [9.17, 15) is 4.79 Å². The van der Waals surface area contributed by atoms with Crippen LogP contribution in [0.25, 0.3) is 11.8 Å². The summed E-state index contributed by atoms with van der Waals surface area (Å²) >= 11 is 18.4. The second-order valence-corrected chi connectivity index (χ2v) is 8.65. The molecule has 0 aliphatic carbocycles. The van der Waals surface area contributed by atoms with Gasteiger partial charge in [-0.1, -0.05) is 59.1 Å². The Hall–Kier alpha value is -3.18. The van der Waals surface area contributed by atoms with Crippen LogP contribution in [0.2, 0.25) is 15.1 Å². The predicted octanol–water partition coefficient (Wildman–Crippen LogP) is 7.92. The van der Waals surface area contributed by atoms with Gasteiger partial charge >= 0.3 is 0 Å². The third-order valence-electron chi connectivity index (χ3n) is 5.10. The summed E-state index contributed by atoms with van der Waals surface area (Å²) in [5, 5.41) is 1.07. The Kier molecular flexibility index (Phi) is 7.63. The summed E-state index contributed by atoms with van der Waals surface area (Å²) in [5.41, 5.74) is 3.12. The molecule has 0 fully saturated rings. The van der Waals surface area contributed by atoms with Gasteiger partial charge in [0.25, 0.3) is 0 Å². The minimum Gasteiger partial charge on any atom is -0.496 e. The first-order valence-corrected chi connectivity index (χ1v) is 11.5. The first-order valence-electron chi connectivity index (χ1n) is 10.3. The number of methoxy groups -OCH3 is 1. The number of hydrogen-bond donors (Lipinski definition) is 0. The van der Waals surface area contributed by atoms with E-state index >= 15 is 0 Å².